The number of ether oxygens (including phenoxy) is 1. The second-order valence-electron chi connectivity index (χ2n) is 3.93. The summed E-state index contributed by atoms with van der Waals surface area (Å²) in [5, 5.41) is 0. The third-order valence-corrected chi connectivity index (χ3v) is 2.35. The number of carbonyl (C=O) groups excluding carboxylic acids is 1. The van der Waals surface area contributed by atoms with E-state index >= 15 is 0 Å². The van der Waals surface area contributed by atoms with Crippen molar-refractivity contribution in [3.05, 3.63) is 35.9 Å². The van der Waals surface area contributed by atoms with Crippen LogP contribution < -0.4 is 0 Å². The van der Waals surface area contributed by atoms with Crippen molar-refractivity contribution in [3.63, 3.8) is 0 Å². The van der Waals surface area contributed by atoms with Crippen molar-refractivity contribution in [2.75, 3.05) is 6.61 Å². The summed E-state index contributed by atoms with van der Waals surface area (Å²) in [6.07, 6.45) is -3.94. The van der Waals surface area contributed by atoms with Gasteiger partial charge in [0, 0.05) is 6.42 Å². The van der Waals surface area contributed by atoms with Gasteiger partial charge in [-0.2, -0.15) is 13.2 Å². The molecule has 5 heteroatoms. The van der Waals surface area contributed by atoms with Crippen molar-refractivity contribution in [3.8, 4) is 0 Å². The summed E-state index contributed by atoms with van der Waals surface area (Å²) in [5.74, 6) is -0.438. The number of rotatable bonds is 6. The van der Waals surface area contributed by atoms with Gasteiger partial charge in [-0.15, -0.1) is 0 Å². The molecule has 18 heavy (non-hydrogen) atoms. The van der Waals surface area contributed by atoms with Crippen molar-refractivity contribution in [2.24, 2.45) is 0 Å². The number of unbranched alkanes of at least 4 members (excludes halogenated alkanes) is 2. The Bertz CT molecular complexity index is 360. The van der Waals surface area contributed by atoms with Crippen LogP contribution in [-0.2, 0) is 4.74 Å². The average molecular weight is 260 g/mol. The summed E-state index contributed by atoms with van der Waals surface area (Å²) in [6.45, 7) is 0.158. The second kappa shape index (κ2) is 7.03. The Kier molecular flexibility index (Phi) is 5.68. The molecule has 1 rings (SSSR count). The van der Waals surface area contributed by atoms with Gasteiger partial charge in [-0.3, -0.25) is 0 Å². The molecule has 0 amide bonds. The molecule has 0 bridgehead atoms. The fourth-order valence-corrected chi connectivity index (χ4v) is 1.43. The molecule has 0 saturated heterocycles. The van der Waals surface area contributed by atoms with E-state index in [0.717, 1.165) is 0 Å². The highest BCUT2D eigenvalue weighted by molar-refractivity contribution is 5.89. The van der Waals surface area contributed by atoms with Gasteiger partial charge in [0.15, 0.2) is 0 Å². The summed E-state index contributed by atoms with van der Waals surface area (Å²) < 4.78 is 40.4. The van der Waals surface area contributed by atoms with Gasteiger partial charge in [-0.05, 0) is 31.4 Å². The van der Waals surface area contributed by atoms with Crippen LogP contribution in [0.4, 0.5) is 13.2 Å². The zero-order chi connectivity index (χ0) is 13.4. The molecule has 0 unspecified atom stereocenters. The Hall–Kier alpha value is -1.52. The molecule has 100 valence electrons. The Morgan fingerprint density at radius 1 is 1.06 bits per heavy atom. The third kappa shape index (κ3) is 6.27. The maximum atomic E-state index is 11.8. The molecular formula is C13H15F3O2. The molecule has 0 saturated carbocycles. The largest absolute Gasteiger partial charge is 0.462 e. The van der Waals surface area contributed by atoms with E-state index in [0.29, 0.717) is 18.4 Å². The first-order valence-electron chi connectivity index (χ1n) is 5.78. The first-order chi connectivity index (χ1) is 8.49. The zero-order valence-electron chi connectivity index (χ0n) is 9.87. The normalized spacial score (nSPS) is 11.3. The Morgan fingerprint density at radius 2 is 1.72 bits per heavy atom. The number of carbonyl (C=O) groups is 1. The van der Waals surface area contributed by atoms with Crippen LogP contribution in [0.15, 0.2) is 30.3 Å². The predicted octanol–water partition coefficient (Wildman–Crippen LogP) is 3.97. The molecule has 0 aliphatic rings. The number of esters is 1. The number of alkyl halides is 3. The highest BCUT2D eigenvalue weighted by Crippen LogP contribution is 2.22. The van der Waals surface area contributed by atoms with Gasteiger partial charge in [0.1, 0.15) is 0 Å². The Morgan fingerprint density at radius 3 is 2.33 bits per heavy atom. The maximum absolute atomic E-state index is 11.8. The number of halogens is 3. The van der Waals surface area contributed by atoms with E-state index in [9.17, 15) is 18.0 Å². The van der Waals surface area contributed by atoms with E-state index in [-0.39, 0.29) is 13.0 Å². The molecule has 0 radical (unpaired) electrons. The standard InChI is InChI=1S/C13H15F3O2/c14-13(15,16)9-5-2-6-10-18-12(17)11-7-3-1-4-8-11/h1,3-4,7-8H,2,5-6,9-10H2. The smallest absolute Gasteiger partial charge is 0.389 e. The molecule has 0 aromatic heterocycles. The van der Waals surface area contributed by atoms with Gasteiger partial charge in [0.25, 0.3) is 0 Å². The lowest BCUT2D eigenvalue weighted by Gasteiger charge is -2.06. The third-order valence-electron chi connectivity index (χ3n) is 2.35. The van der Waals surface area contributed by atoms with E-state index in [2.05, 4.69) is 0 Å². The molecule has 0 heterocycles. The first kappa shape index (κ1) is 14.5. The van der Waals surface area contributed by atoms with Gasteiger partial charge >= 0.3 is 12.1 Å². The lowest BCUT2D eigenvalue weighted by atomic mass is 10.2. The fourth-order valence-electron chi connectivity index (χ4n) is 1.43. The molecule has 0 aliphatic carbocycles. The zero-order valence-corrected chi connectivity index (χ0v) is 9.87. The van der Waals surface area contributed by atoms with Gasteiger partial charge in [-0.1, -0.05) is 18.2 Å². The Labute approximate surface area is 104 Å². The second-order valence-corrected chi connectivity index (χ2v) is 3.93. The van der Waals surface area contributed by atoms with Gasteiger partial charge in [0.05, 0.1) is 12.2 Å². The molecule has 0 N–H and O–H groups in total. The van der Waals surface area contributed by atoms with E-state index in [1.165, 1.54) is 0 Å². The minimum atomic E-state index is -4.10. The van der Waals surface area contributed by atoms with Gasteiger partial charge in [0.2, 0.25) is 0 Å². The van der Waals surface area contributed by atoms with Crippen molar-refractivity contribution < 1.29 is 22.7 Å². The first-order valence-corrected chi connectivity index (χ1v) is 5.78. The van der Waals surface area contributed by atoms with Crippen molar-refractivity contribution in [2.45, 2.75) is 31.9 Å². The average Bonchev–Trinajstić information content (AvgIpc) is 2.33. The van der Waals surface area contributed by atoms with E-state index in [4.69, 9.17) is 4.74 Å². The van der Waals surface area contributed by atoms with Crippen LogP contribution in [0.2, 0.25) is 0 Å². The highest BCUT2D eigenvalue weighted by atomic mass is 19.4. The number of hydrogen-bond donors (Lipinski definition) is 0. The molecule has 0 fully saturated rings. The monoisotopic (exact) mass is 260 g/mol. The number of benzene rings is 1. The molecule has 0 spiro atoms. The molecule has 1 aromatic rings. The summed E-state index contributed by atoms with van der Waals surface area (Å²) in [7, 11) is 0. The van der Waals surface area contributed by atoms with Crippen LogP contribution in [-0.4, -0.2) is 18.8 Å². The molecular weight excluding hydrogens is 245 g/mol. The molecule has 1 aromatic carbocycles. The van der Waals surface area contributed by atoms with Crippen LogP contribution in [0.1, 0.15) is 36.0 Å². The quantitative estimate of drug-likeness (QED) is 0.571. The predicted molar refractivity (Wildman–Crippen MR) is 61.2 cm³/mol. The van der Waals surface area contributed by atoms with Crippen LogP contribution >= 0.6 is 0 Å². The minimum absolute atomic E-state index is 0.0758. The lowest BCUT2D eigenvalue weighted by Crippen LogP contribution is -2.08. The maximum Gasteiger partial charge on any atom is 0.389 e. The van der Waals surface area contributed by atoms with Crippen LogP contribution in [0, 0.1) is 0 Å². The topological polar surface area (TPSA) is 26.3 Å². The van der Waals surface area contributed by atoms with Crippen molar-refractivity contribution in [1.29, 1.82) is 0 Å². The van der Waals surface area contributed by atoms with Crippen molar-refractivity contribution >= 4 is 5.97 Å². The summed E-state index contributed by atoms with van der Waals surface area (Å²) >= 11 is 0. The van der Waals surface area contributed by atoms with Crippen LogP contribution in [0.25, 0.3) is 0 Å². The lowest BCUT2D eigenvalue weighted by molar-refractivity contribution is -0.135. The fraction of sp³-hybridized carbons (Fsp3) is 0.462. The molecule has 2 nitrogen and oxygen atoms in total. The summed E-state index contributed by atoms with van der Waals surface area (Å²) in [5.41, 5.74) is 0.452. The van der Waals surface area contributed by atoms with Crippen molar-refractivity contribution in [1.82, 2.24) is 0 Å². The van der Waals surface area contributed by atoms with Gasteiger partial charge < -0.3 is 4.74 Å². The molecule has 0 atom stereocenters. The van der Waals surface area contributed by atoms with E-state index in [1.807, 2.05) is 0 Å². The molecule has 0 aliphatic heterocycles. The number of hydrogen-bond acceptors (Lipinski definition) is 2. The van der Waals surface area contributed by atoms with Crippen LogP contribution in [0.5, 0.6) is 0 Å². The SMILES string of the molecule is O=C(OCCCCCC(F)(F)F)c1ccccc1. The Balaban J connectivity index is 2.10. The summed E-state index contributed by atoms with van der Waals surface area (Å²) in [4.78, 5) is 11.4. The summed E-state index contributed by atoms with van der Waals surface area (Å²) in [6, 6.07) is 8.49. The van der Waals surface area contributed by atoms with E-state index in [1.54, 1.807) is 30.3 Å². The van der Waals surface area contributed by atoms with E-state index < -0.39 is 18.6 Å². The minimum Gasteiger partial charge on any atom is -0.462 e. The highest BCUT2D eigenvalue weighted by Gasteiger charge is 2.25. The van der Waals surface area contributed by atoms with Gasteiger partial charge in [-0.25, -0.2) is 4.79 Å². The van der Waals surface area contributed by atoms with Crippen LogP contribution in [0.3, 0.4) is 0 Å².